The van der Waals surface area contributed by atoms with Crippen LogP contribution in [0.15, 0.2) is 36.7 Å². The molecule has 0 fully saturated rings. The van der Waals surface area contributed by atoms with Crippen molar-refractivity contribution in [2.75, 3.05) is 5.32 Å². The molecule has 0 radical (unpaired) electrons. The molecule has 0 bridgehead atoms. The van der Waals surface area contributed by atoms with E-state index in [1.165, 1.54) is 24.4 Å². The average molecular weight is 275 g/mol. The van der Waals surface area contributed by atoms with Crippen molar-refractivity contribution in [2.45, 2.75) is 0 Å². The number of rotatable bonds is 3. The molecule has 0 spiro atoms. The lowest BCUT2D eigenvalue weighted by molar-refractivity contribution is -0.384. The summed E-state index contributed by atoms with van der Waals surface area (Å²) in [6.07, 6.45) is 2.36. The summed E-state index contributed by atoms with van der Waals surface area (Å²) in [6, 6.07) is 4.52. The van der Waals surface area contributed by atoms with Gasteiger partial charge in [0.25, 0.3) is 11.6 Å². The second-order valence-electron chi connectivity index (χ2n) is 3.84. The number of hydrogen-bond acceptors (Lipinski definition) is 6. The number of nitrogens with zero attached hydrogens (tertiary/aromatic N) is 2. The molecule has 8 heteroatoms. The number of aromatic nitrogens is 1. The minimum Gasteiger partial charge on any atom is -0.508 e. The molecule has 1 heterocycles. The van der Waals surface area contributed by atoms with E-state index in [1.54, 1.807) is 0 Å². The first kappa shape index (κ1) is 13.3. The largest absolute Gasteiger partial charge is 0.508 e. The van der Waals surface area contributed by atoms with Crippen molar-refractivity contribution in [1.29, 1.82) is 0 Å². The van der Waals surface area contributed by atoms with Crippen LogP contribution >= 0.6 is 0 Å². The van der Waals surface area contributed by atoms with Crippen molar-refractivity contribution >= 4 is 17.3 Å². The Hall–Kier alpha value is -3.16. The highest BCUT2D eigenvalue weighted by atomic mass is 16.6. The van der Waals surface area contributed by atoms with Gasteiger partial charge in [-0.05, 0) is 18.2 Å². The van der Waals surface area contributed by atoms with Crippen LogP contribution < -0.4 is 5.32 Å². The first-order valence-corrected chi connectivity index (χ1v) is 5.40. The number of carbonyl (C=O) groups excluding carboxylic acids is 1. The van der Waals surface area contributed by atoms with Crippen LogP contribution in [-0.2, 0) is 0 Å². The number of pyridine rings is 1. The molecule has 0 saturated heterocycles. The Morgan fingerprint density at radius 1 is 1.20 bits per heavy atom. The molecule has 0 aliphatic rings. The van der Waals surface area contributed by atoms with Crippen molar-refractivity contribution in [1.82, 2.24) is 4.98 Å². The molecular formula is C12H9N3O5. The Morgan fingerprint density at radius 3 is 2.60 bits per heavy atom. The molecule has 8 nitrogen and oxygen atoms in total. The second-order valence-corrected chi connectivity index (χ2v) is 3.84. The summed E-state index contributed by atoms with van der Waals surface area (Å²) in [5.41, 5.74) is -0.458. The van der Waals surface area contributed by atoms with Gasteiger partial charge in [0.05, 0.1) is 22.7 Å². The summed E-state index contributed by atoms with van der Waals surface area (Å²) in [6.45, 7) is 0. The number of anilines is 1. The molecule has 0 atom stereocenters. The molecule has 102 valence electrons. The Labute approximate surface area is 112 Å². The summed E-state index contributed by atoms with van der Waals surface area (Å²) in [4.78, 5) is 25.6. The summed E-state index contributed by atoms with van der Waals surface area (Å²) in [7, 11) is 0. The van der Waals surface area contributed by atoms with Crippen LogP contribution in [0.4, 0.5) is 11.4 Å². The number of amides is 1. The van der Waals surface area contributed by atoms with Gasteiger partial charge in [0.2, 0.25) is 0 Å². The van der Waals surface area contributed by atoms with Gasteiger partial charge < -0.3 is 15.5 Å². The number of hydrogen-bond donors (Lipinski definition) is 3. The van der Waals surface area contributed by atoms with Crippen molar-refractivity contribution in [3.05, 3.63) is 52.3 Å². The van der Waals surface area contributed by atoms with Crippen LogP contribution in [0.2, 0.25) is 0 Å². The van der Waals surface area contributed by atoms with E-state index in [-0.39, 0.29) is 22.7 Å². The molecule has 2 rings (SSSR count). The Balaban J connectivity index is 2.30. The first-order chi connectivity index (χ1) is 9.47. The summed E-state index contributed by atoms with van der Waals surface area (Å²) in [5, 5.41) is 31.6. The maximum absolute atomic E-state index is 11.9. The molecule has 2 aromatic rings. The summed E-state index contributed by atoms with van der Waals surface area (Å²) >= 11 is 0. The van der Waals surface area contributed by atoms with Gasteiger partial charge in [-0.15, -0.1) is 0 Å². The van der Waals surface area contributed by atoms with Crippen molar-refractivity contribution < 1.29 is 19.9 Å². The highest BCUT2D eigenvalue weighted by Gasteiger charge is 2.17. The van der Waals surface area contributed by atoms with E-state index in [0.717, 1.165) is 12.3 Å². The fourth-order valence-corrected chi connectivity index (χ4v) is 1.52. The van der Waals surface area contributed by atoms with E-state index in [2.05, 4.69) is 10.3 Å². The molecule has 1 aromatic carbocycles. The third-order valence-electron chi connectivity index (χ3n) is 2.41. The predicted molar refractivity (Wildman–Crippen MR) is 68.6 cm³/mol. The lowest BCUT2D eigenvalue weighted by atomic mass is 10.2. The summed E-state index contributed by atoms with van der Waals surface area (Å²) in [5.74, 6) is -1.14. The Bertz CT molecular complexity index is 687. The van der Waals surface area contributed by atoms with Gasteiger partial charge in [0, 0.05) is 6.20 Å². The van der Waals surface area contributed by atoms with Crippen LogP contribution in [0.5, 0.6) is 11.5 Å². The highest BCUT2D eigenvalue weighted by molar-refractivity contribution is 6.05. The number of nitro groups is 1. The number of benzene rings is 1. The van der Waals surface area contributed by atoms with Crippen molar-refractivity contribution in [3.63, 3.8) is 0 Å². The zero-order valence-electron chi connectivity index (χ0n) is 9.98. The van der Waals surface area contributed by atoms with Crippen LogP contribution in [0.25, 0.3) is 0 Å². The number of carbonyl (C=O) groups is 1. The molecule has 0 saturated carbocycles. The minimum absolute atomic E-state index is 0.0485. The smallest absolute Gasteiger partial charge is 0.296 e. The maximum Gasteiger partial charge on any atom is 0.296 e. The fourth-order valence-electron chi connectivity index (χ4n) is 1.52. The monoisotopic (exact) mass is 275 g/mol. The standard InChI is InChI=1S/C12H9N3O5/c16-8-1-2-10(11(4-8)15(19)20)14-12(18)7-3-9(17)6-13-5-7/h1-6,16-17H,(H,14,18). The molecule has 0 aliphatic heterocycles. The van der Waals surface area contributed by atoms with Gasteiger partial charge in [0.15, 0.2) is 0 Å². The van der Waals surface area contributed by atoms with Gasteiger partial charge in [-0.25, -0.2) is 0 Å². The normalized spacial score (nSPS) is 10.0. The zero-order valence-corrected chi connectivity index (χ0v) is 9.98. The Kier molecular flexibility index (Phi) is 3.47. The third-order valence-corrected chi connectivity index (χ3v) is 2.41. The molecule has 1 amide bonds. The van der Waals surface area contributed by atoms with Gasteiger partial charge >= 0.3 is 0 Å². The molecule has 1 aromatic heterocycles. The number of nitro benzene ring substituents is 1. The molecular weight excluding hydrogens is 266 g/mol. The molecule has 0 unspecified atom stereocenters. The van der Waals surface area contributed by atoms with E-state index in [9.17, 15) is 25.1 Å². The first-order valence-electron chi connectivity index (χ1n) is 5.40. The molecule has 0 aliphatic carbocycles. The third kappa shape index (κ3) is 2.80. The number of nitrogens with one attached hydrogen (secondary N) is 1. The van der Waals surface area contributed by atoms with Crippen molar-refractivity contribution in [2.24, 2.45) is 0 Å². The number of phenols is 1. The van der Waals surface area contributed by atoms with Gasteiger partial charge in [-0.1, -0.05) is 0 Å². The number of phenolic OH excluding ortho intramolecular Hbond substituents is 1. The van der Waals surface area contributed by atoms with E-state index in [0.29, 0.717) is 0 Å². The SMILES string of the molecule is O=C(Nc1ccc(O)cc1[N+](=O)[O-])c1cncc(O)c1. The van der Waals surface area contributed by atoms with E-state index < -0.39 is 16.5 Å². The minimum atomic E-state index is -0.726. The van der Waals surface area contributed by atoms with E-state index in [4.69, 9.17) is 0 Å². The van der Waals surface area contributed by atoms with E-state index in [1.807, 2.05) is 0 Å². The Morgan fingerprint density at radius 2 is 1.95 bits per heavy atom. The quantitative estimate of drug-likeness (QED) is 0.444. The fraction of sp³-hybridized carbons (Fsp3) is 0. The van der Waals surface area contributed by atoms with Gasteiger partial charge in [0.1, 0.15) is 17.2 Å². The van der Waals surface area contributed by atoms with E-state index >= 15 is 0 Å². The van der Waals surface area contributed by atoms with Gasteiger partial charge in [-0.3, -0.25) is 19.9 Å². The average Bonchev–Trinajstić information content (AvgIpc) is 2.40. The van der Waals surface area contributed by atoms with Crippen LogP contribution in [0, 0.1) is 10.1 Å². The lowest BCUT2D eigenvalue weighted by Crippen LogP contribution is -2.13. The highest BCUT2D eigenvalue weighted by Crippen LogP contribution is 2.28. The zero-order chi connectivity index (χ0) is 14.7. The predicted octanol–water partition coefficient (Wildman–Crippen LogP) is 1.65. The second kappa shape index (κ2) is 5.22. The number of aromatic hydroxyl groups is 2. The van der Waals surface area contributed by atoms with Crippen LogP contribution in [-0.4, -0.2) is 26.0 Å². The van der Waals surface area contributed by atoms with Crippen LogP contribution in [0.3, 0.4) is 0 Å². The molecule has 20 heavy (non-hydrogen) atoms. The maximum atomic E-state index is 11.9. The summed E-state index contributed by atoms with van der Waals surface area (Å²) < 4.78 is 0. The molecule has 3 N–H and O–H groups in total. The van der Waals surface area contributed by atoms with Crippen molar-refractivity contribution in [3.8, 4) is 11.5 Å². The van der Waals surface area contributed by atoms with Crippen LogP contribution in [0.1, 0.15) is 10.4 Å². The topological polar surface area (TPSA) is 126 Å². The van der Waals surface area contributed by atoms with Gasteiger partial charge in [-0.2, -0.15) is 0 Å². The lowest BCUT2D eigenvalue weighted by Gasteiger charge is -2.06.